The van der Waals surface area contributed by atoms with Gasteiger partial charge in [-0.15, -0.1) is 11.3 Å². The molecule has 1 aromatic heterocycles. The lowest BCUT2D eigenvalue weighted by atomic mass is 9.89. The van der Waals surface area contributed by atoms with Crippen LogP contribution >= 0.6 is 11.3 Å². The summed E-state index contributed by atoms with van der Waals surface area (Å²) in [6.07, 6.45) is 6.83. The zero-order valence-corrected chi connectivity index (χ0v) is 11.3. The molecule has 1 aliphatic rings. The van der Waals surface area contributed by atoms with E-state index in [4.69, 9.17) is 0 Å². The number of hydrogen-bond acceptors (Lipinski definition) is 3. The van der Waals surface area contributed by atoms with E-state index in [-0.39, 0.29) is 5.78 Å². The average Bonchev–Trinajstić information content (AvgIpc) is 2.83. The molecule has 0 saturated heterocycles. The maximum Gasteiger partial charge on any atom is 0.186 e. The summed E-state index contributed by atoms with van der Waals surface area (Å²) < 4.78 is 0. The Labute approximate surface area is 108 Å². The summed E-state index contributed by atoms with van der Waals surface area (Å²) in [6, 6.07) is 3.86. The molecule has 0 radical (unpaired) electrons. The molecule has 94 valence electrons. The van der Waals surface area contributed by atoms with Crippen molar-refractivity contribution in [3.05, 3.63) is 22.4 Å². The number of Topliss-reactive ketones (excluding diaryl/α,β-unsaturated/α-hetero) is 1. The maximum absolute atomic E-state index is 11.9. The fourth-order valence-corrected chi connectivity index (χ4v) is 3.29. The number of nitrogens with zero attached hydrogens (tertiary/aromatic N) is 1. The molecule has 0 bridgehead atoms. The summed E-state index contributed by atoms with van der Waals surface area (Å²) in [5.41, 5.74) is 0. The minimum absolute atomic E-state index is 0.262. The Kier molecular flexibility index (Phi) is 4.75. The number of carbonyl (C=O) groups excluding carboxylic acids is 1. The molecule has 3 heteroatoms. The van der Waals surface area contributed by atoms with Gasteiger partial charge in [-0.3, -0.25) is 9.69 Å². The molecular weight excluding hydrogens is 230 g/mol. The Balaban J connectivity index is 1.76. The number of thiophene rings is 1. The van der Waals surface area contributed by atoms with Crippen molar-refractivity contribution < 1.29 is 4.79 Å². The minimum atomic E-state index is 0.262. The van der Waals surface area contributed by atoms with Crippen molar-refractivity contribution in [2.75, 3.05) is 20.1 Å². The molecule has 0 aliphatic heterocycles. The van der Waals surface area contributed by atoms with Crippen molar-refractivity contribution >= 4 is 17.1 Å². The van der Waals surface area contributed by atoms with E-state index in [0.29, 0.717) is 6.54 Å². The van der Waals surface area contributed by atoms with Crippen LogP contribution in [-0.2, 0) is 0 Å². The molecule has 1 heterocycles. The van der Waals surface area contributed by atoms with Crippen LogP contribution in [0.4, 0.5) is 0 Å². The van der Waals surface area contributed by atoms with Gasteiger partial charge in [0.15, 0.2) is 5.78 Å². The minimum Gasteiger partial charge on any atom is -0.299 e. The van der Waals surface area contributed by atoms with Gasteiger partial charge in [-0.25, -0.2) is 0 Å². The van der Waals surface area contributed by atoms with E-state index >= 15 is 0 Å². The SMILES string of the molecule is CN(CC(=O)c1cccs1)CC1CCCCC1. The molecule has 1 aromatic rings. The van der Waals surface area contributed by atoms with E-state index in [2.05, 4.69) is 11.9 Å². The average molecular weight is 251 g/mol. The number of carbonyl (C=O) groups is 1. The number of likely N-dealkylation sites (N-methyl/N-ethyl adjacent to an activating group) is 1. The molecule has 1 saturated carbocycles. The first-order valence-electron chi connectivity index (χ1n) is 6.51. The second kappa shape index (κ2) is 6.31. The third-order valence-electron chi connectivity index (χ3n) is 3.50. The van der Waals surface area contributed by atoms with Crippen molar-refractivity contribution in [1.82, 2.24) is 4.90 Å². The Morgan fingerprint density at radius 1 is 1.41 bits per heavy atom. The van der Waals surface area contributed by atoms with E-state index in [1.165, 1.54) is 32.1 Å². The number of rotatable bonds is 5. The first-order chi connectivity index (χ1) is 8.25. The molecule has 0 spiro atoms. The Hall–Kier alpha value is -0.670. The van der Waals surface area contributed by atoms with Crippen molar-refractivity contribution in [3.63, 3.8) is 0 Å². The van der Waals surface area contributed by atoms with Gasteiger partial charge in [0, 0.05) is 6.54 Å². The van der Waals surface area contributed by atoms with Gasteiger partial charge in [-0.1, -0.05) is 25.3 Å². The quantitative estimate of drug-likeness (QED) is 0.747. The van der Waals surface area contributed by atoms with E-state index < -0.39 is 0 Å². The summed E-state index contributed by atoms with van der Waals surface area (Å²) in [6.45, 7) is 1.65. The zero-order chi connectivity index (χ0) is 12.1. The van der Waals surface area contributed by atoms with Gasteiger partial charge < -0.3 is 0 Å². The van der Waals surface area contributed by atoms with Crippen molar-refractivity contribution in [2.24, 2.45) is 5.92 Å². The smallest absolute Gasteiger partial charge is 0.186 e. The molecule has 0 aromatic carbocycles. The highest BCUT2D eigenvalue weighted by atomic mass is 32.1. The van der Waals surface area contributed by atoms with Gasteiger partial charge in [0.1, 0.15) is 0 Å². The normalized spacial score (nSPS) is 17.5. The highest BCUT2D eigenvalue weighted by molar-refractivity contribution is 7.12. The van der Waals surface area contributed by atoms with Gasteiger partial charge in [0.25, 0.3) is 0 Å². The molecule has 17 heavy (non-hydrogen) atoms. The van der Waals surface area contributed by atoms with Crippen LogP contribution in [0.15, 0.2) is 17.5 Å². The fourth-order valence-electron chi connectivity index (χ4n) is 2.64. The molecule has 2 nitrogen and oxygen atoms in total. The van der Waals surface area contributed by atoms with E-state index in [1.807, 2.05) is 17.5 Å². The lowest BCUT2D eigenvalue weighted by Gasteiger charge is -2.26. The lowest BCUT2D eigenvalue weighted by molar-refractivity contribution is 0.0936. The summed E-state index contributed by atoms with van der Waals surface area (Å²) in [7, 11) is 2.07. The predicted molar refractivity (Wildman–Crippen MR) is 72.7 cm³/mol. The Morgan fingerprint density at radius 3 is 2.82 bits per heavy atom. The van der Waals surface area contributed by atoms with Crippen molar-refractivity contribution in [2.45, 2.75) is 32.1 Å². The molecular formula is C14H21NOS. The largest absolute Gasteiger partial charge is 0.299 e. The zero-order valence-electron chi connectivity index (χ0n) is 10.5. The summed E-state index contributed by atoms with van der Waals surface area (Å²) in [5, 5.41) is 1.97. The molecule has 0 unspecified atom stereocenters. The number of hydrogen-bond donors (Lipinski definition) is 0. The predicted octanol–water partition coefficient (Wildman–Crippen LogP) is 3.44. The summed E-state index contributed by atoms with van der Waals surface area (Å²) in [5.74, 6) is 1.07. The van der Waals surface area contributed by atoms with Crippen LogP contribution in [0.25, 0.3) is 0 Å². The second-order valence-electron chi connectivity index (χ2n) is 5.10. The second-order valence-corrected chi connectivity index (χ2v) is 6.05. The number of ketones is 1. The molecule has 1 aliphatic carbocycles. The van der Waals surface area contributed by atoms with Crippen LogP contribution in [-0.4, -0.2) is 30.8 Å². The highest BCUT2D eigenvalue weighted by Gasteiger charge is 2.17. The van der Waals surface area contributed by atoms with Crippen LogP contribution in [0, 0.1) is 5.92 Å². The molecule has 0 N–H and O–H groups in total. The van der Waals surface area contributed by atoms with Crippen molar-refractivity contribution in [1.29, 1.82) is 0 Å². The van der Waals surface area contributed by atoms with Crippen LogP contribution in [0.3, 0.4) is 0 Å². The molecule has 0 atom stereocenters. The van der Waals surface area contributed by atoms with Crippen LogP contribution in [0.1, 0.15) is 41.8 Å². The van der Waals surface area contributed by atoms with Crippen LogP contribution < -0.4 is 0 Å². The molecule has 0 amide bonds. The topological polar surface area (TPSA) is 20.3 Å². The summed E-state index contributed by atoms with van der Waals surface area (Å²) >= 11 is 1.54. The standard InChI is InChI=1S/C14H21NOS/c1-15(10-12-6-3-2-4-7-12)11-13(16)14-8-5-9-17-14/h5,8-9,12H,2-4,6-7,10-11H2,1H3. The van der Waals surface area contributed by atoms with Crippen LogP contribution in [0.5, 0.6) is 0 Å². The molecule has 1 fully saturated rings. The van der Waals surface area contributed by atoms with Gasteiger partial charge in [-0.05, 0) is 37.3 Å². The first-order valence-corrected chi connectivity index (χ1v) is 7.39. The molecule has 2 rings (SSSR count). The van der Waals surface area contributed by atoms with Gasteiger partial charge in [0.05, 0.1) is 11.4 Å². The Bertz CT molecular complexity index is 341. The first kappa shape index (κ1) is 12.8. The highest BCUT2D eigenvalue weighted by Crippen LogP contribution is 2.24. The summed E-state index contributed by atoms with van der Waals surface area (Å²) in [4.78, 5) is 15.0. The third kappa shape index (κ3) is 3.93. The van der Waals surface area contributed by atoms with Crippen LogP contribution in [0.2, 0.25) is 0 Å². The monoisotopic (exact) mass is 251 g/mol. The lowest BCUT2D eigenvalue weighted by Crippen LogP contribution is -2.31. The van der Waals surface area contributed by atoms with Gasteiger partial charge >= 0.3 is 0 Å². The van der Waals surface area contributed by atoms with Gasteiger partial charge in [0.2, 0.25) is 0 Å². The van der Waals surface area contributed by atoms with E-state index in [9.17, 15) is 4.79 Å². The van der Waals surface area contributed by atoms with E-state index in [1.54, 1.807) is 11.3 Å². The fraction of sp³-hybridized carbons (Fsp3) is 0.643. The van der Waals surface area contributed by atoms with Crippen molar-refractivity contribution in [3.8, 4) is 0 Å². The third-order valence-corrected chi connectivity index (χ3v) is 4.42. The Morgan fingerprint density at radius 2 is 2.18 bits per heavy atom. The maximum atomic E-state index is 11.9. The van der Waals surface area contributed by atoms with Gasteiger partial charge in [-0.2, -0.15) is 0 Å². The van der Waals surface area contributed by atoms with E-state index in [0.717, 1.165) is 17.3 Å².